The SMILES string of the molecule is CC(=O)OCC(/C=N/O)=N\O. The Labute approximate surface area is 62.8 Å². The summed E-state index contributed by atoms with van der Waals surface area (Å²) in [5.41, 5.74) is -0.0392. The Kier molecular flexibility index (Phi) is 4.46. The maximum Gasteiger partial charge on any atom is 0.303 e. The molecule has 0 heterocycles. The van der Waals surface area contributed by atoms with Gasteiger partial charge < -0.3 is 15.2 Å². The van der Waals surface area contributed by atoms with Gasteiger partial charge in [-0.3, -0.25) is 4.79 Å². The number of ether oxygens (including phenoxy) is 1. The smallest absolute Gasteiger partial charge is 0.303 e. The highest BCUT2D eigenvalue weighted by atomic mass is 16.5. The van der Waals surface area contributed by atoms with E-state index in [1.165, 1.54) is 6.92 Å². The maximum atomic E-state index is 10.2. The summed E-state index contributed by atoms with van der Waals surface area (Å²) in [5, 5.41) is 21.4. The van der Waals surface area contributed by atoms with Crippen LogP contribution in [0.1, 0.15) is 6.92 Å². The van der Waals surface area contributed by atoms with E-state index in [0.717, 1.165) is 6.21 Å². The molecule has 0 aliphatic heterocycles. The van der Waals surface area contributed by atoms with Crippen molar-refractivity contribution in [1.82, 2.24) is 0 Å². The van der Waals surface area contributed by atoms with Gasteiger partial charge in [-0.05, 0) is 0 Å². The zero-order chi connectivity index (χ0) is 8.69. The Morgan fingerprint density at radius 1 is 1.64 bits per heavy atom. The number of hydrogen-bond donors (Lipinski definition) is 2. The first-order valence-electron chi connectivity index (χ1n) is 2.72. The lowest BCUT2D eigenvalue weighted by Gasteiger charge is -1.97. The van der Waals surface area contributed by atoms with E-state index in [-0.39, 0.29) is 12.3 Å². The fraction of sp³-hybridized carbons (Fsp3) is 0.400. The summed E-state index contributed by atoms with van der Waals surface area (Å²) in [5.74, 6) is -0.502. The predicted octanol–water partition coefficient (Wildman–Crippen LogP) is -0.160. The molecule has 0 amide bonds. The van der Waals surface area contributed by atoms with Gasteiger partial charge in [-0.2, -0.15) is 0 Å². The van der Waals surface area contributed by atoms with Gasteiger partial charge >= 0.3 is 5.97 Å². The fourth-order valence-corrected chi connectivity index (χ4v) is 0.334. The average molecular weight is 160 g/mol. The van der Waals surface area contributed by atoms with E-state index in [1.807, 2.05) is 0 Å². The Hall–Kier alpha value is -1.59. The lowest BCUT2D eigenvalue weighted by atomic mass is 10.4. The Bertz CT molecular complexity index is 187. The number of rotatable bonds is 3. The van der Waals surface area contributed by atoms with E-state index in [2.05, 4.69) is 15.0 Å². The molecule has 0 aromatic rings. The molecule has 62 valence electrons. The molecule has 0 saturated carbocycles. The van der Waals surface area contributed by atoms with Crippen LogP contribution in [0.15, 0.2) is 10.3 Å². The van der Waals surface area contributed by atoms with E-state index in [0.29, 0.717) is 0 Å². The third-order valence-electron chi connectivity index (χ3n) is 0.759. The zero-order valence-corrected chi connectivity index (χ0v) is 5.89. The van der Waals surface area contributed by atoms with Crippen LogP contribution in [0.5, 0.6) is 0 Å². The van der Waals surface area contributed by atoms with Crippen molar-refractivity contribution in [1.29, 1.82) is 0 Å². The van der Waals surface area contributed by atoms with Crippen molar-refractivity contribution in [2.24, 2.45) is 10.3 Å². The molecule has 11 heavy (non-hydrogen) atoms. The summed E-state index contributed by atoms with van der Waals surface area (Å²) in [4.78, 5) is 10.2. The van der Waals surface area contributed by atoms with E-state index < -0.39 is 5.97 Å². The van der Waals surface area contributed by atoms with Crippen molar-refractivity contribution in [3.8, 4) is 0 Å². The van der Waals surface area contributed by atoms with Crippen LogP contribution < -0.4 is 0 Å². The van der Waals surface area contributed by atoms with Crippen LogP contribution in [0, 0.1) is 0 Å². The van der Waals surface area contributed by atoms with Crippen LogP contribution >= 0.6 is 0 Å². The minimum atomic E-state index is -0.502. The lowest BCUT2D eigenvalue weighted by molar-refractivity contribution is -0.139. The van der Waals surface area contributed by atoms with Crippen molar-refractivity contribution in [3.63, 3.8) is 0 Å². The normalized spacial score (nSPS) is 11.9. The number of carbonyl (C=O) groups excluding carboxylic acids is 1. The summed E-state index contributed by atoms with van der Waals surface area (Å²) >= 11 is 0. The molecule has 0 aliphatic carbocycles. The van der Waals surface area contributed by atoms with Gasteiger partial charge in [-0.25, -0.2) is 0 Å². The van der Waals surface area contributed by atoms with Gasteiger partial charge in [0.05, 0.1) is 6.21 Å². The van der Waals surface area contributed by atoms with Gasteiger partial charge in [0.25, 0.3) is 0 Å². The Morgan fingerprint density at radius 3 is 2.64 bits per heavy atom. The number of nitrogens with zero attached hydrogens (tertiary/aromatic N) is 2. The predicted molar refractivity (Wildman–Crippen MR) is 36.1 cm³/mol. The molecule has 0 radical (unpaired) electrons. The molecule has 0 atom stereocenters. The van der Waals surface area contributed by atoms with Crippen LogP contribution in [-0.4, -0.2) is 34.9 Å². The molecule has 0 rings (SSSR count). The van der Waals surface area contributed by atoms with Gasteiger partial charge in [0.1, 0.15) is 12.3 Å². The molecule has 6 heteroatoms. The highest BCUT2D eigenvalue weighted by molar-refractivity contribution is 6.31. The fourth-order valence-electron chi connectivity index (χ4n) is 0.334. The molecule has 0 aromatic heterocycles. The van der Waals surface area contributed by atoms with Crippen LogP contribution in [0.2, 0.25) is 0 Å². The first-order valence-corrected chi connectivity index (χ1v) is 2.72. The number of esters is 1. The minimum absolute atomic E-state index is 0.0392. The summed E-state index contributed by atoms with van der Waals surface area (Å²) in [6.07, 6.45) is 0.864. The molecule has 0 aliphatic rings. The standard InChI is InChI=1S/C5H8N2O4/c1-4(8)11-3-5(7-10)2-6-9/h2,9-10H,3H2,1H3/b6-2+,7-5-. The number of oxime groups is 2. The summed E-state index contributed by atoms with van der Waals surface area (Å²) in [6, 6.07) is 0. The molecule has 6 nitrogen and oxygen atoms in total. The van der Waals surface area contributed by atoms with Crippen LogP contribution in [0.3, 0.4) is 0 Å². The van der Waals surface area contributed by atoms with Crippen LogP contribution in [0.4, 0.5) is 0 Å². The third kappa shape index (κ3) is 4.89. The van der Waals surface area contributed by atoms with E-state index in [4.69, 9.17) is 10.4 Å². The lowest BCUT2D eigenvalue weighted by Crippen LogP contribution is -2.12. The number of hydrogen-bond acceptors (Lipinski definition) is 6. The maximum absolute atomic E-state index is 10.2. The van der Waals surface area contributed by atoms with E-state index in [1.54, 1.807) is 0 Å². The molecule has 0 saturated heterocycles. The monoisotopic (exact) mass is 160 g/mol. The summed E-state index contributed by atoms with van der Waals surface area (Å²) in [7, 11) is 0. The first-order chi connectivity index (χ1) is 5.20. The highest BCUT2D eigenvalue weighted by Crippen LogP contribution is 1.79. The third-order valence-corrected chi connectivity index (χ3v) is 0.759. The van der Waals surface area contributed by atoms with Crippen molar-refractivity contribution in [3.05, 3.63) is 0 Å². The van der Waals surface area contributed by atoms with Crippen molar-refractivity contribution in [2.45, 2.75) is 6.92 Å². The van der Waals surface area contributed by atoms with Gasteiger partial charge in [0.15, 0.2) is 0 Å². The quantitative estimate of drug-likeness (QED) is 0.259. The molecule has 2 N–H and O–H groups in total. The van der Waals surface area contributed by atoms with E-state index >= 15 is 0 Å². The second kappa shape index (κ2) is 5.21. The Balaban J connectivity index is 3.81. The topological polar surface area (TPSA) is 91.5 Å². The second-order valence-electron chi connectivity index (χ2n) is 1.62. The molecular formula is C5H8N2O4. The van der Waals surface area contributed by atoms with Gasteiger partial charge in [0, 0.05) is 6.92 Å². The molecular weight excluding hydrogens is 152 g/mol. The van der Waals surface area contributed by atoms with Crippen molar-refractivity contribution >= 4 is 17.9 Å². The van der Waals surface area contributed by atoms with E-state index in [9.17, 15) is 4.79 Å². The molecule has 0 unspecified atom stereocenters. The zero-order valence-electron chi connectivity index (χ0n) is 5.89. The highest BCUT2D eigenvalue weighted by Gasteiger charge is 1.98. The second-order valence-corrected chi connectivity index (χ2v) is 1.62. The van der Waals surface area contributed by atoms with Crippen molar-refractivity contribution < 1.29 is 19.9 Å². The molecule has 0 spiro atoms. The summed E-state index contributed by atoms with van der Waals surface area (Å²) in [6.45, 7) is 1.00. The van der Waals surface area contributed by atoms with Gasteiger partial charge in [-0.1, -0.05) is 10.3 Å². The average Bonchev–Trinajstić information content (AvgIpc) is 1.97. The number of carbonyl (C=O) groups is 1. The first kappa shape index (κ1) is 9.41. The molecule has 0 bridgehead atoms. The van der Waals surface area contributed by atoms with Crippen LogP contribution in [0.25, 0.3) is 0 Å². The minimum Gasteiger partial charge on any atom is -0.459 e. The van der Waals surface area contributed by atoms with Gasteiger partial charge in [0.2, 0.25) is 0 Å². The van der Waals surface area contributed by atoms with Crippen molar-refractivity contribution in [2.75, 3.05) is 6.61 Å². The van der Waals surface area contributed by atoms with Gasteiger partial charge in [-0.15, -0.1) is 0 Å². The molecule has 0 fully saturated rings. The largest absolute Gasteiger partial charge is 0.459 e. The van der Waals surface area contributed by atoms with Crippen LogP contribution in [-0.2, 0) is 9.53 Å². The summed E-state index contributed by atoms with van der Waals surface area (Å²) < 4.78 is 4.42. The molecule has 0 aromatic carbocycles. The Morgan fingerprint density at radius 2 is 2.27 bits per heavy atom.